The normalized spacial score (nSPS) is 15.3. The number of benzene rings is 1. The molecular formula is C19H22N4O2. The Bertz CT molecular complexity index is 811. The molecule has 130 valence electrons. The SMILES string of the molecule is Cc1c(-c2ccc(C#N)cc2)nn(C2CCC2)c1C(=O)NCC(C)O. The largest absolute Gasteiger partial charge is 0.392 e. The predicted octanol–water partition coefficient (Wildman–Crippen LogP) is 2.57. The lowest BCUT2D eigenvalue weighted by molar-refractivity contribution is 0.0905. The molecular weight excluding hydrogens is 316 g/mol. The third-order valence-electron chi connectivity index (χ3n) is 4.63. The summed E-state index contributed by atoms with van der Waals surface area (Å²) < 4.78 is 1.84. The van der Waals surface area contributed by atoms with Gasteiger partial charge in [-0.3, -0.25) is 9.48 Å². The second kappa shape index (κ2) is 7.08. The summed E-state index contributed by atoms with van der Waals surface area (Å²) in [6.45, 7) is 3.74. The van der Waals surface area contributed by atoms with E-state index in [1.165, 1.54) is 0 Å². The first-order valence-corrected chi connectivity index (χ1v) is 8.57. The topological polar surface area (TPSA) is 90.9 Å². The quantitative estimate of drug-likeness (QED) is 0.876. The van der Waals surface area contributed by atoms with E-state index in [4.69, 9.17) is 10.4 Å². The van der Waals surface area contributed by atoms with Crippen LogP contribution in [0.3, 0.4) is 0 Å². The van der Waals surface area contributed by atoms with Gasteiger partial charge in [-0.05, 0) is 45.2 Å². The van der Waals surface area contributed by atoms with Gasteiger partial charge in [-0.2, -0.15) is 10.4 Å². The van der Waals surface area contributed by atoms with E-state index >= 15 is 0 Å². The molecule has 0 aliphatic heterocycles. The van der Waals surface area contributed by atoms with Gasteiger partial charge in [0, 0.05) is 17.7 Å². The summed E-state index contributed by atoms with van der Waals surface area (Å²) in [6.07, 6.45) is 2.59. The molecule has 1 fully saturated rings. The van der Waals surface area contributed by atoms with Crippen LogP contribution in [0.25, 0.3) is 11.3 Å². The van der Waals surface area contributed by atoms with Crippen LogP contribution in [0.1, 0.15) is 53.8 Å². The second-order valence-electron chi connectivity index (χ2n) is 6.60. The molecule has 6 heteroatoms. The third-order valence-corrected chi connectivity index (χ3v) is 4.63. The monoisotopic (exact) mass is 338 g/mol. The van der Waals surface area contributed by atoms with Gasteiger partial charge in [0.25, 0.3) is 5.91 Å². The molecule has 1 unspecified atom stereocenters. The lowest BCUT2D eigenvalue weighted by Gasteiger charge is -2.27. The predicted molar refractivity (Wildman–Crippen MR) is 94.0 cm³/mol. The third kappa shape index (κ3) is 3.42. The van der Waals surface area contributed by atoms with Crippen molar-refractivity contribution in [3.05, 3.63) is 41.1 Å². The maximum Gasteiger partial charge on any atom is 0.269 e. The Kier molecular flexibility index (Phi) is 4.86. The van der Waals surface area contributed by atoms with E-state index in [1.807, 2.05) is 23.7 Å². The van der Waals surface area contributed by atoms with Crippen molar-refractivity contribution in [2.45, 2.75) is 45.3 Å². The van der Waals surface area contributed by atoms with Crippen LogP contribution in [-0.4, -0.2) is 33.4 Å². The van der Waals surface area contributed by atoms with Crippen LogP contribution in [0.15, 0.2) is 24.3 Å². The van der Waals surface area contributed by atoms with Crippen molar-refractivity contribution < 1.29 is 9.90 Å². The molecule has 1 aromatic carbocycles. The first-order valence-electron chi connectivity index (χ1n) is 8.57. The smallest absolute Gasteiger partial charge is 0.269 e. The molecule has 1 aliphatic carbocycles. The zero-order valence-corrected chi connectivity index (χ0v) is 14.5. The number of hydrogen-bond acceptors (Lipinski definition) is 4. The number of aromatic nitrogens is 2. The molecule has 0 radical (unpaired) electrons. The fourth-order valence-corrected chi connectivity index (χ4v) is 2.99. The van der Waals surface area contributed by atoms with Gasteiger partial charge in [-0.15, -0.1) is 0 Å². The van der Waals surface area contributed by atoms with E-state index in [9.17, 15) is 9.90 Å². The van der Waals surface area contributed by atoms with Gasteiger partial charge in [-0.1, -0.05) is 12.1 Å². The number of nitriles is 1. The number of amides is 1. The summed E-state index contributed by atoms with van der Waals surface area (Å²) in [6, 6.07) is 9.58. The highest BCUT2D eigenvalue weighted by atomic mass is 16.3. The lowest BCUT2D eigenvalue weighted by Crippen LogP contribution is -2.34. The van der Waals surface area contributed by atoms with Crippen LogP contribution >= 0.6 is 0 Å². The average Bonchev–Trinajstić information content (AvgIpc) is 2.88. The maximum atomic E-state index is 12.7. The van der Waals surface area contributed by atoms with E-state index in [2.05, 4.69) is 11.4 Å². The number of hydrogen-bond donors (Lipinski definition) is 2. The van der Waals surface area contributed by atoms with Gasteiger partial charge in [0.15, 0.2) is 0 Å². The highest BCUT2D eigenvalue weighted by Gasteiger charge is 2.29. The number of carbonyl (C=O) groups excluding carboxylic acids is 1. The number of carbonyl (C=O) groups is 1. The minimum absolute atomic E-state index is 0.209. The van der Waals surface area contributed by atoms with Crippen molar-refractivity contribution in [2.24, 2.45) is 0 Å². The van der Waals surface area contributed by atoms with E-state index in [1.54, 1.807) is 19.1 Å². The van der Waals surface area contributed by atoms with Crippen molar-refractivity contribution in [3.63, 3.8) is 0 Å². The summed E-state index contributed by atoms with van der Waals surface area (Å²) in [7, 11) is 0. The second-order valence-corrected chi connectivity index (χ2v) is 6.60. The molecule has 1 aromatic heterocycles. The Morgan fingerprint density at radius 1 is 1.44 bits per heavy atom. The molecule has 0 bridgehead atoms. The van der Waals surface area contributed by atoms with Crippen LogP contribution in [0.2, 0.25) is 0 Å². The minimum Gasteiger partial charge on any atom is -0.392 e. The lowest BCUT2D eigenvalue weighted by atomic mass is 9.93. The van der Waals surface area contributed by atoms with Crippen molar-refractivity contribution in [1.82, 2.24) is 15.1 Å². The number of nitrogens with zero attached hydrogens (tertiary/aromatic N) is 3. The minimum atomic E-state index is -0.595. The van der Waals surface area contributed by atoms with Gasteiger partial charge in [0.2, 0.25) is 0 Å². The number of nitrogens with one attached hydrogen (secondary N) is 1. The molecule has 0 saturated heterocycles. The summed E-state index contributed by atoms with van der Waals surface area (Å²) in [5.74, 6) is -0.210. The van der Waals surface area contributed by atoms with Gasteiger partial charge in [0.05, 0.1) is 29.5 Å². The van der Waals surface area contributed by atoms with E-state index in [-0.39, 0.29) is 18.5 Å². The zero-order chi connectivity index (χ0) is 18.0. The molecule has 1 heterocycles. The van der Waals surface area contributed by atoms with Crippen LogP contribution in [0.4, 0.5) is 0 Å². The van der Waals surface area contributed by atoms with E-state index < -0.39 is 6.10 Å². The fraction of sp³-hybridized carbons (Fsp3) is 0.421. The van der Waals surface area contributed by atoms with E-state index in [0.717, 1.165) is 36.1 Å². The molecule has 1 amide bonds. The molecule has 0 spiro atoms. The van der Waals surface area contributed by atoms with E-state index in [0.29, 0.717) is 11.3 Å². The molecule has 1 atom stereocenters. The molecule has 1 saturated carbocycles. The number of aliphatic hydroxyl groups is 1. The Balaban J connectivity index is 1.99. The van der Waals surface area contributed by atoms with Crippen molar-refractivity contribution in [2.75, 3.05) is 6.54 Å². The van der Waals surface area contributed by atoms with Crippen molar-refractivity contribution in [1.29, 1.82) is 5.26 Å². The summed E-state index contributed by atoms with van der Waals surface area (Å²) in [5.41, 5.74) is 3.62. The van der Waals surface area contributed by atoms with Crippen molar-refractivity contribution in [3.8, 4) is 17.3 Å². The molecule has 6 nitrogen and oxygen atoms in total. The molecule has 1 aliphatic rings. The standard InChI is InChI=1S/C19H22N4O2/c1-12(24)11-21-19(25)18-13(2)17(22-23(18)16-4-3-5-16)15-8-6-14(10-20)7-9-15/h6-9,12,16,24H,3-5,11H2,1-2H3,(H,21,25). The van der Waals surface area contributed by atoms with Gasteiger partial charge < -0.3 is 10.4 Å². The summed E-state index contributed by atoms with van der Waals surface area (Å²) in [4.78, 5) is 12.7. The van der Waals surface area contributed by atoms with Crippen molar-refractivity contribution >= 4 is 5.91 Å². The van der Waals surface area contributed by atoms with Crippen LogP contribution in [0.5, 0.6) is 0 Å². The Labute approximate surface area is 147 Å². The number of aliphatic hydroxyl groups excluding tert-OH is 1. The highest BCUT2D eigenvalue weighted by molar-refractivity contribution is 5.95. The maximum absolute atomic E-state index is 12.7. The first-order chi connectivity index (χ1) is 12.0. The molecule has 3 rings (SSSR count). The molecule has 25 heavy (non-hydrogen) atoms. The van der Waals surface area contributed by atoms with Crippen LogP contribution < -0.4 is 5.32 Å². The van der Waals surface area contributed by atoms with Crippen LogP contribution in [-0.2, 0) is 0 Å². The average molecular weight is 338 g/mol. The summed E-state index contributed by atoms with van der Waals surface area (Å²) in [5, 5.41) is 25.9. The summed E-state index contributed by atoms with van der Waals surface area (Å²) >= 11 is 0. The number of rotatable bonds is 5. The molecule has 2 N–H and O–H groups in total. The highest BCUT2D eigenvalue weighted by Crippen LogP contribution is 2.35. The molecule has 2 aromatic rings. The van der Waals surface area contributed by atoms with Crippen LogP contribution in [0, 0.1) is 18.3 Å². The Morgan fingerprint density at radius 2 is 2.12 bits per heavy atom. The fourth-order valence-electron chi connectivity index (χ4n) is 2.99. The first kappa shape index (κ1) is 17.2. The van der Waals surface area contributed by atoms with Gasteiger partial charge in [-0.25, -0.2) is 0 Å². The Morgan fingerprint density at radius 3 is 2.64 bits per heavy atom. The Hall–Kier alpha value is -2.65. The van der Waals surface area contributed by atoms with Gasteiger partial charge in [0.1, 0.15) is 5.69 Å². The zero-order valence-electron chi connectivity index (χ0n) is 14.5. The van der Waals surface area contributed by atoms with Gasteiger partial charge >= 0.3 is 0 Å².